The number of likely N-dealkylation sites (tertiary alicyclic amines) is 2. The van der Waals surface area contributed by atoms with Gasteiger partial charge in [0.1, 0.15) is 16.6 Å². The summed E-state index contributed by atoms with van der Waals surface area (Å²) in [5.74, 6) is -2.18. The van der Waals surface area contributed by atoms with Crippen LogP contribution >= 0.6 is 0 Å². The first-order chi connectivity index (χ1) is 20.3. The number of β-amino-alcohol motifs (C(OH)–C–C–N with tert-alkyl or cyclic N) is 1. The number of amides is 2. The molecule has 1 aromatic carbocycles. The van der Waals surface area contributed by atoms with Gasteiger partial charge in [-0.3, -0.25) is 14.6 Å². The lowest BCUT2D eigenvalue weighted by atomic mass is 9.78. The van der Waals surface area contributed by atoms with Crippen LogP contribution in [0.5, 0.6) is 0 Å². The molecule has 0 radical (unpaired) electrons. The molecule has 6 rings (SSSR count). The molecule has 44 heavy (non-hydrogen) atoms. The molecule has 3 heterocycles. The van der Waals surface area contributed by atoms with E-state index in [-0.39, 0.29) is 66.1 Å². The number of alkyl halides is 4. The highest BCUT2D eigenvalue weighted by atomic mass is 32.2. The number of piperidine rings is 1. The van der Waals surface area contributed by atoms with E-state index in [0.29, 0.717) is 13.3 Å². The molecule has 0 spiro atoms. The van der Waals surface area contributed by atoms with E-state index in [1.807, 2.05) is 0 Å². The molecule has 2 aliphatic heterocycles. The third-order valence-corrected chi connectivity index (χ3v) is 12.2. The minimum Gasteiger partial charge on any atom is -0.389 e. The molecule has 2 saturated heterocycles. The molecule has 3 unspecified atom stereocenters. The van der Waals surface area contributed by atoms with Crippen LogP contribution in [0.15, 0.2) is 41.4 Å². The van der Waals surface area contributed by atoms with Gasteiger partial charge in [-0.15, -0.1) is 0 Å². The Kier molecular flexibility index (Phi) is 6.80. The van der Waals surface area contributed by atoms with Crippen molar-refractivity contribution in [3.05, 3.63) is 59.2 Å². The summed E-state index contributed by atoms with van der Waals surface area (Å²) in [5, 5.41) is 10.5. The number of hydrogen-bond acceptors (Lipinski definition) is 6. The Morgan fingerprint density at radius 1 is 1.16 bits per heavy atom. The fraction of sp³-hybridized carbons (Fsp3) is 0.567. The SMILES string of the molecule is CC(C)(O)CN1C(=O)[C@@H]2C[C@@H]2[C@H]1C(=O)N1CCC2(S(=O)(=O)c3cccc(F)c3)c3cnc(C(C)(F)C(F)(F)F)cc3CCC12. The first kappa shape index (κ1) is 30.9. The number of pyridine rings is 1. The number of halogens is 5. The van der Waals surface area contributed by atoms with E-state index < -0.39 is 61.5 Å². The standard InChI is InChI=1S/C30H32F5N3O5S/c1-27(2,41)15-38-24(19-13-20(19)25(38)39)26(40)37-10-9-29(44(42,43)18-6-4-5-17(31)12-18)21-14-36-22(28(3,32)30(33,34)35)11-16(21)7-8-23(29)37/h4-6,11-12,14,19-20,23-24,41H,7-10,13,15H2,1-3H3/t19-,20+,23?,24-,28?,29?/m0/s1. The summed E-state index contributed by atoms with van der Waals surface area (Å²) >= 11 is 0. The summed E-state index contributed by atoms with van der Waals surface area (Å²) in [6.07, 6.45) is -3.98. The molecule has 1 N–H and O–H groups in total. The molecule has 238 valence electrons. The molecule has 4 aliphatic rings. The van der Waals surface area contributed by atoms with Gasteiger partial charge in [0.15, 0.2) is 9.84 Å². The van der Waals surface area contributed by atoms with Crippen LogP contribution in [0, 0.1) is 17.7 Å². The van der Waals surface area contributed by atoms with E-state index in [4.69, 9.17) is 0 Å². The summed E-state index contributed by atoms with van der Waals surface area (Å²) < 4.78 is 97.0. The van der Waals surface area contributed by atoms with Crippen LogP contribution in [0.1, 0.15) is 56.9 Å². The Morgan fingerprint density at radius 3 is 2.50 bits per heavy atom. The molecular weight excluding hydrogens is 609 g/mol. The van der Waals surface area contributed by atoms with E-state index in [1.54, 1.807) is 0 Å². The lowest BCUT2D eigenvalue weighted by Crippen LogP contribution is -2.57. The zero-order chi connectivity index (χ0) is 32.2. The maximum Gasteiger partial charge on any atom is 0.428 e. The van der Waals surface area contributed by atoms with Crippen molar-refractivity contribution in [3.8, 4) is 0 Å². The number of fused-ring (bicyclic) bond motifs is 4. The molecule has 2 aliphatic carbocycles. The number of carbonyl (C=O) groups excluding carboxylic acids is 2. The highest BCUT2D eigenvalue weighted by Crippen LogP contribution is 2.56. The molecular formula is C30H32F5N3O5S. The first-order valence-corrected chi connectivity index (χ1v) is 15.9. The second-order valence-electron chi connectivity index (χ2n) is 13.1. The predicted molar refractivity (Wildman–Crippen MR) is 146 cm³/mol. The van der Waals surface area contributed by atoms with Gasteiger partial charge < -0.3 is 14.9 Å². The van der Waals surface area contributed by atoms with Gasteiger partial charge in [-0.1, -0.05) is 6.07 Å². The number of benzene rings is 1. The van der Waals surface area contributed by atoms with E-state index in [0.717, 1.165) is 24.4 Å². The Labute approximate surface area is 251 Å². The number of nitrogens with zero attached hydrogens (tertiary/aromatic N) is 3. The second kappa shape index (κ2) is 9.68. The topological polar surface area (TPSA) is 108 Å². The number of hydrogen-bond donors (Lipinski definition) is 1. The summed E-state index contributed by atoms with van der Waals surface area (Å²) in [6, 6.07) is 3.35. The summed E-state index contributed by atoms with van der Waals surface area (Å²) in [6.45, 7) is 3.20. The van der Waals surface area contributed by atoms with E-state index in [2.05, 4.69) is 4.98 Å². The Bertz CT molecular complexity index is 1660. The van der Waals surface area contributed by atoms with Crippen molar-refractivity contribution in [1.29, 1.82) is 0 Å². The average Bonchev–Trinajstić information content (AvgIpc) is 3.52. The smallest absolute Gasteiger partial charge is 0.389 e. The minimum atomic E-state index is -5.28. The maximum atomic E-state index is 14.9. The van der Waals surface area contributed by atoms with E-state index in [1.165, 1.54) is 35.8 Å². The van der Waals surface area contributed by atoms with Crippen molar-refractivity contribution in [2.75, 3.05) is 13.1 Å². The normalized spacial score (nSPS) is 29.6. The van der Waals surface area contributed by atoms with Crippen molar-refractivity contribution in [3.63, 3.8) is 0 Å². The van der Waals surface area contributed by atoms with Crippen LogP contribution in [0.4, 0.5) is 22.0 Å². The zero-order valence-electron chi connectivity index (χ0n) is 24.2. The summed E-state index contributed by atoms with van der Waals surface area (Å²) in [4.78, 5) is 33.4. The number of rotatable bonds is 6. The average molecular weight is 642 g/mol. The Balaban J connectivity index is 1.46. The molecule has 6 atom stereocenters. The van der Waals surface area contributed by atoms with Crippen LogP contribution in [-0.4, -0.2) is 77.1 Å². The van der Waals surface area contributed by atoms with Crippen LogP contribution in [0.2, 0.25) is 0 Å². The predicted octanol–water partition coefficient (Wildman–Crippen LogP) is 3.80. The summed E-state index contributed by atoms with van der Waals surface area (Å²) in [7, 11) is -4.53. The lowest BCUT2D eigenvalue weighted by molar-refractivity contribution is -0.230. The number of sulfone groups is 1. The number of aryl methyl sites for hydroxylation is 1. The van der Waals surface area contributed by atoms with Gasteiger partial charge in [0, 0.05) is 31.1 Å². The van der Waals surface area contributed by atoms with Gasteiger partial charge in [-0.25, -0.2) is 17.2 Å². The zero-order valence-corrected chi connectivity index (χ0v) is 25.1. The second-order valence-corrected chi connectivity index (χ2v) is 15.4. The molecule has 1 aromatic heterocycles. The Morgan fingerprint density at radius 2 is 1.86 bits per heavy atom. The third kappa shape index (κ3) is 4.45. The van der Waals surface area contributed by atoms with E-state index in [9.17, 15) is 45.1 Å². The number of carbonyl (C=O) groups is 2. The van der Waals surface area contributed by atoms with Crippen molar-refractivity contribution in [1.82, 2.24) is 14.8 Å². The van der Waals surface area contributed by atoms with Crippen molar-refractivity contribution in [2.24, 2.45) is 11.8 Å². The van der Waals surface area contributed by atoms with E-state index >= 15 is 0 Å². The monoisotopic (exact) mass is 641 g/mol. The molecule has 14 heteroatoms. The maximum absolute atomic E-state index is 14.9. The first-order valence-electron chi connectivity index (χ1n) is 14.4. The molecule has 8 nitrogen and oxygen atoms in total. The molecule has 1 saturated carbocycles. The van der Waals surface area contributed by atoms with Gasteiger partial charge in [0.25, 0.3) is 0 Å². The lowest BCUT2D eigenvalue weighted by Gasteiger charge is -2.43. The third-order valence-electron chi connectivity index (χ3n) is 9.65. The molecule has 3 fully saturated rings. The number of aliphatic hydroxyl groups is 1. The van der Waals surface area contributed by atoms with Crippen molar-refractivity contribution in [2.45, 2.75) is 85.6 Å². The van der Waals surface area contributed by atoms with Gasteiger partial charge >= 0.3 is 6.18 Å². The van der Waals surface area contributed by atoms with Crippen LogP contribution in [-0.2, 0) is 36.3 Å². The Hall–Kier alpha value is -3.13. The largest absolute Gasteiger partial charge is 0.428 e. The van der Waals surface area contributed by atoms with Crippen LogP contribution in [0.25, 0.3) is 0 Å². The van der Waals surface area contributed by atoms with Gasteiger partial charge in [-0.05, 0) is 81.8 Å². The highest BCUT2D eigenvalue weighted by molar-refractivity contribution is 7.92. The van der Waals surface area contributed by atoms with Gasteiger partial charge in [-0.2, -0.15) is 13.2 Å². The highest BCUT2D eigenvalue weighted by Gasteiger charge is 2.66. The summed E-state index contributed by atoms with van der Waals surface area (Å²) in [5.41, 5.74) is -5.83. The minimum absolute atomic E-state index is 0.00596. The van der Waals surface area contributed by atoms with Crippen LogP contribution in [0.3, 0.4) is 0 Å². The fourth-order valence-electron chi connectivity index (χ4n) is 7.42. The van der Waals surface area contributed by atoms with Crippen molar-refractivity contribution >= 4 is 21.7 Å². The number of aromatic nitrogens is 1. The van der Waals surface area contributed by atoms with Gasteiger partial charge in [0.2, 0.25) is 17.5 Å². The molecule has 2 aromatic rings. The molecule has 0 bridgehead atoms. The van der Waals surface area contributed by atoms with Gasteiger partial charge in [0.05, 0.1) is 22.2 Å². The molecule has 2 amide bonds. The van der Waals surface area contributed by atoms with Crippen LogP contribution < -0.4 is 0 Å². The van der Waals surface area contributed by atoms with Crippen molar-refractivity contribution < 1.29 is 45.1 Å². The fourth-order valence-corrected chi connectivity index (χ4v) is 9.80. The quantitative estimate of drug-likeness (QED) is 0.481.